The standard InChI is InChI=1S/C10H16N2O/c1-2-9-8-11-10(13-9)12-6-4-3-5-7-12/h8H,2-7H2,1H3. The van der Waals surface area contributed by atoms with Gasteiger partial charge in [0.1, 0.15) is 5.76 Å². The summed E-state index contributed by atoms with van der Waals surface area (Å²) in [5, 5.41) is 0. The van der Waals surface area contributed by atoms with Gasteiger partial charge in [0.2, 0.25) is 0 Å². The van der Waals surface area contributed by atoms with Gasteiger partial charge in [0, 0.05) is 19.5 Å². The summed E-state index contributed by atoms with van der Waals surface area (Å²) in [5.41, 5.74) is 0. The maximum absolute atomic E-state index is 5.59. The van der Waals surface area contributed by atoms with Crippen LogP contribution in [0.5, 0.6) is 0 Å². The molecule has 3 nitrogen and oxygen atoms in total. The maximum Gasteiger partial charge on any atom is 0.297 e. The molecule has 13 heavy (non-hydrogen) atoms. The molecule has 0 radical (unpaired) electrons. The summed E-state index contributed by atoms with van der Waals surface area (Å²) in [4.78, 5) is 6.51. The molecule has 1 aliphatic heterocycles. The Labute approximate surface area is 78.8 Å². The molecule has 0 amide bonds. The number of anilines is 1. The van der Waals surface area contributed by atoms with Crippen molar-refractivity contribution in [1.29, 1.82) is 0 Å². The Balaban J connectivity index is 2.05. The van der Waals surface area contributed by atoms with Crippen molar-refractivity contribution in [2.75, 3.05) is 18.0 Å². The normalized spacial score (nSPS) is 17.8. The number of nitrogens with zero attached hydrogens (tertiary/aromatic N) is 2. The van der Waals surface area contributed by atoms with Crippen LogP contribution >= 0.6 is 0 Å². The van der Waals surface area contributed by atoms with Gasteiger partial charge in [-0.05, 0) is 19.3 Å². The summed E-state index contributed by atoms with van der Waals surface area (Å²) in [6.45, 7) is 4.29. The van der Waals surface area contributed by atoms with Crippen LogP contribution in [-0.4, -0.2) is 18.1 Å². The van der Waals surface area contributed by atoms with Gasteiger partial charge in [0.25, 0.3) is 6.01 Å². The summed E-state index contributed by atoms with van der Waals surface area (Å²) in [5.74, 6) is 0.987. The molecule has 72 valence electrons. The van der Waals surface area contributed by atoms with Crippen molar-refractivity contribution in [3.05, 3.63) is 12.0 Å². The van der Waals surface area contributed by atoms with Crippen molar-refractivity contribution in [3.63, 3.8) is 0 Å². The minimum atomic E-state index is 0.816. The number of hydrogen-bond acceptors (Lipinski definition) is 3. The van der Waals surface area contributed by atoms with Crippen molar-refractivity contribution >= 4 is 6.01 Å². The first kappa shape index (κ1) is 8.60. The van der Waals surface area contributed by atoms with Gasteiger partial charge in [-0.3, -0.25) is 0 Å². The number of aryl methyl sites for hydroxylation is 1. The van der Waals surface area contributed by atoms with Gasteiger partial charge in [-0.25, -0.2) is 4.98 Å². The van der Waals surface area contributed by atoms with Crippen LogP contribution in [0.25, 0.3) is 0 Å². The molecule has 0 unspecified atom stereocenters. The third-order valence-electron chi connectivity index (χ3n) is 2.52. The molecule has 2 heterocycles. The highest BCUT2D eigenvalue weighted by atomic mass is 16.4. The molecule has 1 aromatic heterocycles. The predicted molar refractivity (Wildman–Crippen MR) is 51.9 cm³/mol. The van der Waals surface area contributed by atoms with Crippen LogP contribution < -0.4 is 4.90 Å². The molecule has 0 N–H and O–H groups in total. The third kappa shape index (κ3) is 1.85. The molecule has 1 aromatic rings. The fourth-order valence-corrected chi connectivity index (χ4v) is 1.69. The molecule has 0 atom stereocenters. The lowest BCUT2D eigenvalue weighted by Gasteiger charge is -2.24. The molecule has 0 bridgehead atoms. The first-order chi connectivity index (χ1) is 6.40. The molecule has 0 saturated carbocycles. The lowest BCUT2D eigenvalue weighted by molar-refractivity contribution is 0.468. The monoisotopic (exact) mass is 180 g/mol. The Hall–Kier alpha value is -0.990. The first-order valence-electron chi connectivity index (χ1n) is 5.10. The van der Waals surface area contributed by atoms with Gasteiger partial charge in [-0.1, -0.05) is 6.92 Å². The van der Waals surface area contributed by atoms with E-state index in [1.54, 1.807) is 0 Å². The van der Waals surface area contributed by atoms with Crippen LogP contribution in [-0.2, 0) is 6.42 Å². The van der Waals surface area contributed by atoms with Crippen LogP contribution in [0.3, 0.4) is 0 Å². The fourth-order valence-electron chi connectivity index (χ4n) is 1.69. The Bertz CT molecular complexity index is 264. The van der Waals surface area contributed by atoms with Crippen molar-refractivity contribution in [3.8, 4) is 0 Å². The van der Waals surface area contributed by atoms with E-state index in [4.69, 9.17) is 4.42 Å². The zero-order valence-corrected chi connectivity index (χ0v) is 8.12. The van der Waals surface area contributed by atoms with Crippen molar-refractivity contribution < 1.29 is 4.42 Å². The Morgan fingerprint density at radius 2 is 2.15 bits per heavy atom. The second-order valence-corrected chi connectivity index (χ2v) is 3.51. The van der Waals surface area contributed by atoms with Gasteiger partial charge in [-0.2, -0.15) is 0 Å². The smallest absolute Gasteiger partial charge is 0.297 e. The van der Waals surface area contributed by atoms with Gasteiger partial charge >= 0.3 is 0 Å². The molecule has 1 fully saturated rings. The highest BCUT2D eigenvalue weighted by Gasteiger charge is 2.14. The van der Waals surface area contributed by atoms with E-state index in [9.17, 15) is 0 Å². The number of rotatable bonds is 2. The van der Waals surface area contributed by atoms with Crippen molar-refractivity contribution in [2.24, 2.45) is 0 Å². The van der Waals surface area contributed by atoms with Gasteiger partial charge in [0.15, 0.2) is 0 Å². The minimum Gasteiger partial charge on any atom is -0.429 e. The Morgan fingerprint density at radius 3 is 2.77 bits per heavy atom. The summed E-state index contributed by atoms with van der Waals surface area (Å²) >= 11 is 0. The average Bonchev–Trinajstić information content (AvgIpc) is 2.67. The van der Waals surface area contributed by atoms with Crippen LogP contribution in [0.1, 0.15) is 31.9 Å². The number of hydrogen-bond donors (Lipinski definition) is 0. The quantitative estimate of drug-likeness (QED) is 0.699. The molecule has 1 aliphatic rings. The number of aromatic nitrogens is 1. The van der Waals surface area contributed by atoms with E-state index in [1.165, 1.54) is 19.3 Å². The van der Waals surface area contributed by atoms with Crippen molar-refractivity contribution in [2.45, 2.75) is 32.6 Å². The third-order valence-corrected chi connectivity index (χ3v) is 2.52. The molecule has 0 spiro atoms. The summed E-state index contributed by atoms with van der Waals surface area (Å²) in [6, 6.07) is 0.816. The van der Waals surface area contributed by atoms with Crippen LogP contribution in [0.2, 0.25) is 0 Å². The highest BCUT2D eigenvalue weighted by Crippen LogP contribution is 2.19. The Kier molecular flexibility index (Phi) is 2.52. The molecule has 0 aliphatic carbocycles. The maximum atomic E-state index is 5.59. The minimum absolute atomic E-state index is 0.816. The number of piperidine rings is 1. The molecule has 3 heteroatoms. The van der Waals surface area contributed by atoms with Crippen LogP contribution in [0.15, 0.2) is 10.6 Å². The summed E-state index contributed by atoms with van der Waals surface area (Å²) in [6.07, 6.45) is 6.65. The SMILES string of the molecule is CCc1cnc(N2CCCCC2)o1. The number of oxazole rings is 1. The van der Waals surface area contributed by atoms with Gasteiger partial charge < -0.3 is 9.32 Å². The highest BCUT2D eigenvalue weighted by molar-refractivity contribution is 5.26. The zero-order chi connectivity index (χ0) is 9.10. The van der Waals surface area contributed by atoms with E-state index in [0.717, 1.165) is 31.3 Å². The van der Waals surface area contributed by atoms with Gasteiger partial charge in [-0.15, -0.1) is 0 Å². The van der Waals surface area contributed by atoms with Crippen LogP contribution in [0, 0.1) is 0 Å². The molecule has 1 saturated heterocycles. The van der Waals surface area contributed by atoms with Crippen molar-refractivity contribution in [1.82, 2.24) is 4.98 Å². The largest absolute Gasteiger partial charge is 0.429 e. The lowest BCUT2D eigenvalue weighted by atomic mass is 10.1. The van der Waals surface area contributed by atoms with E-state index < -0.39 is 0 Å². The van der Waals surface area contributed by atoms with Crippen LogP contribution in [0.4, 0.5) is 6.01 Å². The topological polar surface area (TPSA) is 29.3 Å². The average molecular weight is 180 g/mol. The van der Waals surface area contributed by atoms with E-state index in [2.05, 4.69) is 16.8 Å². The van der Waals surface area contributed by atoms with Gasteiger partial charge in [0.05, 0.1) is 6.20 Å². The lowest BCUT2D eigenvalue weighted by Crippen LogP contribution is -2.29. The molecule has 0 aromatic carbocycles. The second-order valence-electron chi connectivity index (χ2n) is 3.51. The van der Waals surface area contributed by atoms with E-state index in [-0.39, 0.29) is 0 Å². The first-order valence-corrected chi connectivity index (χ1v) is 5.10. The van der Waals surface area contributed by atoms with E-state index >= 15 is 0 Å². The van der Waals surface area contributed by atoms with E-state index in [0.29, 0.717) is 0 Å². The fraction of sp³-hybridized carbons (Fsp3) is 0.700. The molecular formula is C10H16N2O. The molecular weight excluding hydrogens is 164 g/mol. The predicted octanol–water partition coefficient (Wildman–Crippen LogP) is 2.23. The summed E-state index contributed by atoms with van der Waals surface area (Å²) < 4.78 is 5.59. The second kappa shape index (κ2) is 3.81. The molecule has 2 rings (SSSR count). The Morgan fingerprint density at radius 1 is 1.38 bits per heavy atom. The van der Waals surface area contributed by atoms with E-state index in [1.807, 2.05) is 6.20 Å². The zero-order valence-electron chi connectivity index (χ0n) is 8.12. The summed E-state index contributed by atoms with van der Waals surface area (Å²) in [7, 11) is 0.